The van der Waals surface area contributed by atoms with Gasteiger partial charge in [-0.15, -0.1) is 11.8 Å². The number of halogens is 1. The van der Waals surface area contributed by atoms with Gasteiger partial charge in [-0.3, -0.25) is 4.79 Å². The highest BCUT2D eigenvalue weighted by molar-refractivity contribution is 8.00. The third-order valence-corrected chi connectivity index (χ3v) is 5.58. The number of hydrogen-bond acceptors (Lipinski definition) is 4. The van der Waals surface area contributed by atoms with Crippen LogP contribution in [-0.4, -0.2) is 30.3 Å². The zero-order valence-corrected chi connectivity index (χ0v) is 15.8. The molecule has 0 bridgehead atoms. The molecule has 2 aromatic carbocycles. The highest BCUT2D eigenvalue weighted by atomic mass is 35.5. The van der Waals surface area contributed by atoms with Gasteiger partial charge in [-0.2, -0.15) is 0 Å². The van der Waals surface area contributed by atoms with Crippen LogP contribution in [0.2, 0.25) is 5.02 Å². The van der Waals surface area contributed by atoms with Gasteiger partial charge in [0.2, 0.25) is 5.91 Å². The summed E-state index contributed by atoms with van der Waals surface area (Å²) in [5.41, 5.74) is 1.91. The van der Waals surface area contributed by atoms with E-state index in [0.29, 0.717) is 29.7 Å². The van der Waals surface area contributed by atoms with Gasteiger partial charge in [0.15, 0.2) is 0 Å². The summed E-state index contributed by atoms with van der Waals surface area (Å²) in [5.74, 6) is 2.08. The van der Waals surface area contributed by atoms with Gasteiger partial charge in [-0.1, -0.05) is 29.8 Å². The second-order valence-electron chi connectivity index (χ2n) is 5.62. The summed E-state index contributed by atoms with van der Waals surface area (Å²) in [6, 6.07) is 13.4. The lowest BCUT2D eigenvalue weighted by atomic mass is 10.1. The van der Waals surface area contributed by atoms with E-state index in [1.165, 1.54) is 0 Å². The minimum absolute atomic E-state index is 0.103. The van der Waals surface area contributed by atoms with Gasteiger partial charge in [-0.05, 0) is 36.8 Å². The van der Waals surface area contributed by atoms with Crippen LogP contribution in [0.3, 0.4) is 0 Å². The molecule has 0 aromatic heterocycles. The van der Waals surface area contributed by atoms with Crippen LogP contribution in [0.5, 0.6) is 11.5 Å². The van der Waals surface area contributed by atoms with Crippen molar-refractivity contribution in [2.75, 3.05) is 19.5 Å². The Morgan fingerprint density at radius 3 is 2.68 bits per heavy atom. The summed E-state index contributed by atoms with van der Waals surface area (Å²) in [6.45, 7) is 3.11. The highest BCUT2D eigenvalue weighted by Gasteiger charge is 2.35. The Morgan fingerprint density at radius 2 is 2.00 bits per heavy atom. The average Bonchev–Trinajstić information content (AvgIpc) is 2.97. The van der Waals surface area contributed by atoms with E-state index in [9.17, 15) is 4.79 Å². The molecule has 4 nitrogen and oxygen atoms in total. The SMILES string of the molecule is CCOc1ccc(CN2C(=O)CSC2c2c(Cl)cccc2OC)cc1. The van der Waals surface area contributed by atoms with Crippen molar-refractivity contribution in [3.63, 3.8) is 0 Å². The molecule has 1 amide bonds. The van der Waals surface area contributed by atoms with E-state index in [1.807, 2.05) is 54.3 Å². The Labute approximate surface area is 157 Å². The van der Waals surface area contributed by atoms with Gasteiger partial charge in [0.1, 0.15) is 16.9 Å². The van der Waals surface area contributed by atoms with Crippen LogP contribution in [-0.2, 0) is 11.3 Å². The third kappa shape index (κ3) is 3.88. The number of benzene rings is 2. The smallest absolute Gasteiger partial charge is 0.234 e. The molecule has 6 heteroatoms. The Bertz CT molecular complexity index is 751. The number of thioether (sulfide) groups is 1. The summed E-state index contributed by atoms with van der Waals surface area (Å²) in [5, 5.41) is 0.464. The standard InChI is InChI=1S/C19H20ClNO3S/c1-3-24-14-9-7-13(8-10-14)11-21-17(22)12-25-19(21)18-15(20)5-4-6-16(18)23-2/h4-10,19H,3,11-12H2,1-2H3. The normalized spacial score (nSPS) is 17.0. The molecule has 0 radical (unpaired) electrons. The summed E-state index contributed by atoms with van der Waals surface area (Å²) >= 11 is 7.99. The molecule has 1 atom stereocenters. The van der Waals surface area contributed by atoms with E-state index in [-0.39, 0.29) is 11.3 Å². The Balaban J connectivity index is 1.85. The van der Waals surface area contributed by atoms with Gasteiger partial charge in [0.05, 0.1) is 24.5 Å². The van der Waals surface area contributed by atoms with Crippen molar-refractivity contribution in [2.45, 2.75) is 18.8 Å². The van der Waals surface area contributed by atoms with Gasteiger partial charge in [0, 0.05) is 12.1 Å². The molecule has 0 N–H and O–H groups in total. The first kappa shape index (κ1) is 18.0. The van der Waals surface area contributed by atoms with Crippen LogP contribution in [0.15, 0.2) is 42.5 Å². The van der Waals surface area contributed by atoms with Crippen LogP contribution >= 0.6 is 23.4 Å². The van der Waals surface area contributed by atoms with E-state index >= 15 is 0 Å². The first-order chi connectivity index (χ1) is 12.1. The minimum atomic E-state index is -0.150. The molecule has 132 valence electrons. The van der Waals surface area contributed by atoms with E-state index < -0.39 is 0 Å². The minimum Gasteiger partial charge on any atom is -0.496 e. The summed E-state index contributed by atoms with van der Waals surface area (Å²) in [7, 11) is 1.62. The largest absolute Gasteiger partial charge is 0.496 e. The number of rotatable bonds is 6. The predicted molar refractivity (Wildman–Crippen MR) is 101 cm³/mol. The van der Waals surface area contributed by atoms with Crippen LogP contribution in [0.25, 0.3) is 0 Å². The number of carbonyl (C=O) groups excluding carboxylic acids is 1. The number of amides is 1. The molecule has 0 aliphatic carbocycles. The Hall–Kier alpha value is -1.85. The highest BCUT2D eigenvalue weighted by Crippen LogP contribution is 2.46. The summed E-state index contributed by atoms with van der Waals surface area (Å²) in [4.78, 5) is 14.3. The molecular formula is C19H20ClNO3S. The third-order valence-electron chi connectivity index (χ3n) is 4.04. The van der Waals surface area contributed by atoms with Crippen LogP contribution in [0, 0.1) is 0 Å². The Morgan fingerprint density at radius 1 is 1.24 bits per heavy atom. The molecule has 1 saturated heterocycles. The molecule has 3 rings (SSSR count). The lowest BCUT2D eigenvalue weighted by Gasteiger charge is -2.26. The van der Waals surface area contributed by atoms with Gasteiger partial charge >= 0.3 is 0 Å². The zero-order valence-electron chi connectivity index (χ0n) is 14.2. The van der Waals surface area contributed by atoms with Crippen molar-refractivity contribution in [3.05, 3.63) is 58.6 Å². The molecule has 1 heterocycles. The number of hydrogen-bond donors (Lipinski definition) is 0. The van der Waals surface area contributed by atoms with Crippen molar-refractivity contribution in [1.82, 2.24) is 4.90 Å². The number of ether oxygens (including phenoxy) is 2. The number of methoxy groups -OCH3 is 1. The van der Waals surface area contributed by atoms with Gasteiger partial charge < -0.3 is 14.4 Å². The number of carbonyl (C=O) groups is 1. The molecular weight excluding hydrogens is 358 g/mol. The molecule has 0 saturated carbocycles. The fraction of sp³-hybridized carbons (Fsp3) is 0.316. The second kappa shape index (κ2) is 8.02. The number of nitrogens with zero attached hydrogens (tertiary/aromatic N) is 1. The Kier molecular flexibility index (Phi) is 5.76. The fourth-order valence-corrected chi connectivity index (χ4v) is 4.44. The average molecular weight is 378 g/mol. The quantitative estimate of drug-likeness (QED) is 0.741. The molecule has 1 aliphatic heterocycles. The first-order valence-electron chi connectivity index (χ1n) is 8.09. The maximum absolute atomic E-state index is 12.4. The molecule has 25 heavy (non-hydrogen) atoms. The van der Waals surface area contributed by atoms with E-state index in [4.69, 9.17) is 21.1 Å². The van der Waals surface area contributed by atoms with Crippen molar-refractivity contribution in [3.8, 4) is 11.5 Å². The van der Waals surface area contributed by atoms with E-state index in [2.05, 4.69) is 0 Å². The first-order valence-corrected chi connectivity index (χ1v) is 9.52. The topological polar surface area (TPSA) is 38.8 Å². The van der Waals surface area contributed by atoms with Gasteiger partial charge in [0.25, 0.3) is 0 Å². The van der Waals surface area contributed by atoms with Crippen molar-refractivity contribution >= 4 is 29.3 Å². The van der Waals surface area contributed by atoms with E-state index in [0.717, 1.165) is 16.9 Å². The molecule has 1 unspecified atom stereocenters. The van der Waals surface area contributed by atoms with Crippen molar-refractivity contribution in [1.29, 1.82) is 0 Å². The monoisotopic (exact) mass is 377 g/mol. The van der Waals surface area contributed by atoms with Gasteiger partial charge in [-0.25, -0.2) is 0 Å². The maximum Gasteiger partial charge on any atom is 0.234 e. The molecule has 1 aliphatic rings. The molecule has 1 fully saturated rings. The molecule has 2 aromatic rings. The van der Waals surface area contributed by atoms with Crippen LogP contribution < -0.4 is 9.47 Å². The van der Waals surface area contributed by atoms with Crippen LogP contribution in [0.4, 0.5) is 0 Å². The van der Waals surface area contributed by atoms with Crippen molar-refractivity contribution < 1.29 is 14.3 Å². The van der Waals surface area contributed by atoms with Crippen molar-refractivity contribution in [2.24, 2.45) is 0 Å². The zero-order chi connectivity index (χ0) is 17.8. The van der Waals surface area contributed by atoms with E-state index in [1.54, 1.807) is 18.9 Å². The fourth-order valence-electron chi connectivity index (χ4n) is 2.85. The lowest BCUT2D eigenvalue weighted by molar-refractivity contribution is -0.128. The predicted octanol–water partition coefficient (Wildman–Crippen LogP) is 4.52. The maximum atomic E-state index is 12.4. The second-order valence-corrected chi connectivity index (χ2v) is 7.09. The molecule has 0 spiro atoms. The summed E-state index contributed by atoms with van der Waals surface area (Å²) < 4.78 is 10.9. The summed E-state index contributed by atoms with van der Waals surface area (Å²) in [6.07, 6.45) is 0. The lowest BCUT2D eigenvalue weighted by Crippen LogP contribution is -2.28. The van der Waals surface area contributed by atoms with Crippen LogP contribution in [0.1, 0.15) is 23.4 Å².